The highest BCUT2D eigenvalue weighted by molar-refractivity contribution is 7.91. The molecule has 100 valence electrons. The van der Waals surface area contributed by atoms with E-state index in [0.29, 0.717) is 18.9 Å². The number of amides is 1. The summed E-state index contributed by atoms with van der Waals surface area (Å²) in [6.45, 7) is 6.47. The Morgan fingerprint density at radius 3 is 2.47 bits per heavy atom. The summed E-state index contributed by atoms with van der Waals surface area (Å²) >= 11 is 0. The first-order valence-corrected chi connectivity index (χ1v) is 7.86. The van der Waals surface area contributed by atoms with Crippen LogP contribution < -0.4 is 10.6 Å². The topological polar surface area (TPSA) is 75.3 Å². The van der Waals surface area contributed by atoms with Crippen LogP contribution in [0.2, 0.25) is 0 Å². The maximum Gasteiger partial charge on any atom is 0.236 e. The van der Waals surface area contributed by atoms with Crippen molar-refractivity contribution in [2.24, 2.45) is 5.92 Å². The van der Waals surface area contributed by atoms with E-state index in [1.807, 2.05) is 13.8 Å². The molecule has 0 aromatic rings. The average Bonchev–Trinajstić information content (AvgIpc) is 2.54. The van der Waals surface area contributed by atoms with Crippen molar-refractivity contribution in [1.82, 2.24) is 10.6 Å². The lowest BCUT2D eigenvalue weighted by molar-refractivity contribution is -0.123. The van der Waals surface area contributed by atoms with Gasteiger partial charge in [0.25, 0.3) is 0 Å². The van der Waals surface area contributed by atoms with Crippen LogP contribution in [-0.2, 0) is 14.6 Å². The summed E-state index contributed by atoms with van der Waals surface area (Å²) in [6, 6.07) is -0.424. The second-order valence-corrected chi connectivity index (χ2v) is 7.36. The Morgan fingerprint density at radius 1 is 1.35 bits per heavy atom. The first kappa shape index (κ1) is 14.4. The zero-order valence-electron chi connectivity index (χ0n) is 10.7. The van der Waals surface area contributed by atoms with Gasteiger partial charge in [-0.2, -0.15) is 0 Å². The van der Waals surface area contributed by atoms with Gasteiger partial charge in [-0.15, -0.1) is 0 Å². The molecule has 2 atom stereocenters. The monoisotopic (exact) mass is 262 g/mol. The van der Waals surface area contributed by atoms with Gasteiger partial charge in [-0.3, -0.25) is 4.79 Å². The highest BCUT2D eigenvalue weighted by atomic mass is 32.2. The van der Waals surface area contributed by atoms with E-state index in [1.165, 1.54) is 0 Å². The minimum atomic E-state index is -2.89. The normalized spacial score (nSPS) is 24.8. The van der Waals surface area contributed by atoms with E-state index < -0.39 is 9.84 Å². The van der Waals surface area contributed by atoms with Crippen LogP contribution in [0.4, 0.5) is 0 Å². The quantitative estimate of drug-likeness (QED) is 0.727. The van der Waals surface area contributed by atoms with Crippen LogP contribution >= 0.6 is 0 Å². The zero-order chi connectivity index (χ0) is 13.1. The summed E-state index contributed by atoms with van der Waals surface area (Å²) in [6.07, 6.45) is 0.601. The number of nitrogens with one attached hydrogen (secondary N) is 2. The Hall–Kier alpha value is -0.620. The van der Waals surface area contributed by atoms with Gasteiger partial charge in [0.05, 0.1) is 17.5 Å². The van der Waals surface area contributed by atoms with E-state index in [9.17, 15) is 13.2 Å². The lowest BCUT2D eigenvalue weighted by atomic mass is 10.2. The van der Waals surface area contributed by atoms with E-state index in [-0.39, 0.29) is 29.5 Å². The van der Waals surface area contributed by atoms with Gasteiger partial charge in [-0.25, -0.2) is 8.42 Å². The minimum Gasteiger partial charge on any atom is -0.354 e. The molecule has 1 aliphatic heterocycles. The summed E-state index contributed by atoms with van der Waals surface area (Å²) in [5.41, 5.74) is 0. The van der Waals surface area contributed by atoms with E-state index in [2.05, 4.69) is 10.6 Å². The van der Waals surface area contributed by atoms with Gasteiger partial charge >= 0.3 is 0 Å². The second-order valence-electron chi connectivity index (χ2n) is 5.13. The molecule has 2 N–H and O–H groups in total. The first-order valence-electron chi connectivity index (χ1n) is 6.04. The fourth-order valence-electron chi connectivity index (χ4n) is 1.81. The van der Waals surface area contributed by atoms with Gasteiger partial charge in [-0.05, 0) is 19.3 Å². The predicted molar refractivity (Wildman–Crippen MR) is 67.5 cm³/mol. The highest BCUT2D eigenvalue weighted by Crippen LogP contribution is 2.11. The van der Waals surface area contributed by atoms with Gasteiger partial charge in [-0.1, -0.05) is 13.8 Å². The summed E-state index contributed by atoms with van der Waals surface area (Å²) in [7, 11) is -2.89. The van der Waals surface area contributed by atoms with Gasteiger partial charge in [0.1, 0.15) is 0 Å². The molecular formula is C11H22N2O3S. The third-order valence-electron chi connectivity index (χ3n) is 2.80. The highest BCUT2D eigenvalue weighted by Gasteiger charge is 2.29. The van der Waals surface area contributed by atoms with E-state index in [1.54, 1.807) is 6.92 Å². The molecule has 1 amide bonds. The molecule has 1 fully saturated rings. The van der Waals surface area contributed by atoms with Crippen LogP contribution in [0.25, 0.3) is 0 Å². The number of hydrogen-bond acceptors (Lipinski definition) is 4. The van der Waals surface area contributed by atoms with Crippen LogP contribution in [0.15, 0.2) is 0 Å². The number of rotatable bonds is 5. The number of carbonyl (C=O) groups is 1. The first-order chi connectivity index (χ1) is 7.80. The molecule has 2 unspecified atom stereocenters. The van der Waals surface area contributed by atoms with Crippen molar-refractivity contribution in [3.05, 3.63) is 0 Å². The van der Waals surface area contributed by atoms with Crippen LogP contribution in [0, 0.1) is 5.92 Å². The molecule has 0 saturated carbocycles. The van der Waals surface area contributed by atoms with Crippen molar-refractivity contribution in [2.75, 3.05) is 18.1 Å². The zero-order valence-corrected chi connectivity index (χ0v) is 11.5. The van der Waals surface area contributed by atoms with E-state index >= 15 is 0 Å². The number of carbonyl (C=O) groups excluding carboxylic acids is 1. The minimum absolute atomic E-state index is 0.0667. The maximum absolute atomic E-state index is 11.7. The van der Waals surface area contributed by atoms with Crippen molar-refractivity contribution in [1.29, 1.82) is 0 Å². The summed E-state index contributed by atoms with van der Waals surface area (Å²) in [5, 5.41) is 5.89. The van der Waals surface area contributed by atoms with Crippen LogP contribution in [0.5, 0.6) is 0 Å². The van der Waals surface area contributed by atoms with Crippen molar-refractivity contribution in [2.45, 2.75) is 39.3 Å². The van der Waals surface area contributed by atoms with E-state index in [0.717, 1.165) is 0 Å². The van der Waals surface area contributed by atoms with Gasteiger partial charge < -0.3 is 10.6 Å². The Balaban J connectivity index is 2.34. The molecule has 6 heteroatoms. The molecule has 1 heterocycles. The Bertz CT molecular complexity index is 365. The Labute approximate surface area is 103 Å². The largest absolute Gasteiger partial charge is 0.354 e. The smallest absolute Gasteiger partial charge is 0.236 e. The standard InChI is InChI=1S/C11H22N2O3S/c1-8(2)6-12-11(14)9(3)13-10-4-5-17(15,16)7-10/h8-10,13H,4-7H2,1-3H3,(H,12,14). The van der Waals surface area contributed by atoms with Gasteiger partial charge in [0.2, 0.25) is 5.91 Å². The predicted octanol–water partition coefficient (Wildman–Crippen LogP) is -0.0762. The van der Waals surface area contributed by atoms with Crippen molar-refractivity contribution in [3.8, 4) is 0 Å². The van der Waals surface area contributed by atoms with Crippen molar-refractivity contribution < 1.29 is 13.2 Å². The van der Waals surface area contributed by atoms with Crippen molar-refractivity contribution >= 4 is 15.7 Å². The summed E-state index contributed by atoms with van der Waals surface area (Å²) in [5.74, 6) is 0.723. The fourth-order valence-corrected chi connectivity index (χ4v) is 3.50. The molecular weight excluding hydrogens is 240 g/mol. The number of sulfone groups is 1. The van der Waals surface area contributed by atoms with Crippen LogP contribution in [0.3, 0.4) is 0 Å². The molecule has 0 bridgehead atoms. The van der Waals surface area contributed by atoms with Crippen molar-refractivity contribution in [3.63, 3.8) is 0 Å². The third-order valence-corrected chi connectivity index (χ3v) is 4.56. The molecule has 0 radical (unpaired) electrons. The van der Waals surface area contributed by atoms with Crippen LogP contribution in [-0.4, -0.2) is 44.5 Å². The maximum atomic E-state index is 11.7. The van der Waals surface area contributed by atoms with Gasteiger partial charge in [0, 0.05) is 12.6 Å². The second kappa shape index (κ2) is 5.82. The van der Waals surface area contributed by atoms with Crippen LogP contribution in [0.1, 0.15) is 27.2 Å². The molecule has 1 aliphatic rings. The van der Waals surface area contributed by atoms with Gasteiger partial charge in [0.15, 0.2) is 9.84 Å². The fraction of sp³-hybridized carbons (Fsp3) is 0.909. The lowest BCUT2D eigenvalue weighted by Gasteiger charge is -2.18. The Morgan fingerprint density at radius 2 is 2.00 bits per heavy atom. The molecule has 5 nitrogen and oxygen atoms in total. The summed E-state index contributed by atoms with van der Waals surface area (Å²) < 4.78 is 22.5. The molecule has 17 heavy (non-hydrogen) atoms. The molecule has 0 aliphatic carbocycles. The SMILES string of the molecule is CC(C)CNC(=O)C(C)NC1CCS(=O)(=O)C1. The molecule has 0 aromatic carbocycles. The average molecular weight is 262 g/mol. The lowest BCUT2D eigenvalue weighted by Crippen LogP contribution is -2.47. The summed E-state index contributed by atoms with van der Waals surface area (Å²) in [4.78, 5) is 11.7. The molecule has 1 saturated heterocycles. The Kier molecular flexibility index (Phi) is 4.94. The van der Waals surface area contributed by atoms with E-state index in [4.69, 9.17) is 0 Å². The molecule has 0 aromatic heterocycles. The third kappa shape index (κ3) is 5.04. The molecule has 1 rings (SSSR count). The molecule has 0 spiro atoms. The number of hydrogen-bond donors (Lipinski definition) is 2.